The highest BCUT2D eigenvalue weighted by Gasteiger charge is 2.48. The Labute approximate surface area is 235 Å². The number of carbonyl (C=O) groups excluding carboxylic acids is 1. The van der Waals surface area contributed by atoms with Gasteiger partial charge in [-0.2, -0.15) is 5.10 Å². The SMILES string of the molecule is CCCCCCOc1ccc(C2c3c(-c4cc(C)cc(C)c4O)n[nH]c3C(=O)N2C2CCS(=O)(=O)C2)cc1OC. The van der Waals surface area contributed by atoms with Crippen LogP contribution in [0.5, 0.6) is 17.2 Å². The van der Waals surface area contributed by atoms with Crippen LogP contribution in [0.2, 0.25) is 0 Å². The average molecular weight is 568 g/mol. The fraction of sp³-hybridized carbons (Fsp3) is 0.467. The van der Waals surface area contributed by atoms with Crippen molar-refractivity contribution in [2.45, 2.75) is 65.0 Å². The number of methoxy groups -OCH3 is 1. The van der Waals surface area contributed by atoms with Gasteiger partial charge in [-0.15, -0.1) is 0 Å². The third kappa shape index (κ3) is 5.16. The van der Waals surface area contributed by atoms with Crippen LogP contribution >= 0.6 is 0 Å². The second-order valence-electron chi connectivity index (χ2n) is 10.8. The van der Waals surface area contributed by atoms with Crippen molar-refractivity contribution in [3.05, 3.63) is 58.3 Å². The van der Waals surface area contributed by atoms with E-state index in [1.54, 1.807) is 12.0 Å². The minimum Gasteiger partial charge on any atom is -0.507 e. The molecule has 2 atom stereocenters. The molecule has 1 amide bonds. The Balaban J connectivity index is 1.59. The molecule has 1 saturated heterocycles. The van der Waals surface area contributed by atoms with E-state index < -0.39 is 21.9 Å². The van der Waals surface area contributed by atoms with Gasteiger partial charge in [-0.1, -0.05) is 38.3 Å². The van der Waals surface area contributed by atoms with Crippen LogP contribution in [0.3, 0.4) is 0 Å². The van der Waals surface area contributed by atoms with Crippen molar-refractivity contribution < 1.29 is 27.8 Å². The highest BCUT2D eigenvalue weighted by molar-refractivity contribution is 7.91. The van der Waals surface area contributed by atoms with Gasteiger partial charge in [0.05, 0.1) is 31.3 Å². The predicted molar refractivity (Wildman–Crippen MR) is 153 cm³/mol. The third-order valence-electron chi connectivity index (χ3n) is 7.86. The normalized spacial score (nSPS) is 19.7. The second-order valence-corrected chi connectivity index (χ2v) is 13.1. The number of amides is 1. The first-order chi connectivity index (χ1) is 19.1. The van der Waals surface area contributed by atoms with Gasteiger partial charge in [0.2, 0.25) is 0 Å². The summed E-state index contributed by atoms with van der Waals surface area (Å²) in [7, 11) is -1.68. The van der Waals surface area contributed by atoms with Gasteiger partial charge in [-0.05, 0) is 61.6 Å². The number of ether oxygens (including phenoxy) is 2. The summed E-state index contributed by atoms with van der Waals surface area (Å²) in [5.41, 5.74) is 4.31. The number of fused-ring (bicyclic) bond motifs is 1. The molecule has 2 aliphatic heterocycles. The lowest BCUT2D eigenvalue weighted by atomic mass is 9.93. The molecule has 0 radical (unpaired) electrons. The van der Waals surface area contributed by atoms with E-state index in [0.29, 0.717) is 52.6 Å². The molecule has 1 fully saturated rings. The molecule has 0 bridgehead atoms. The van der Waals surface area contributed by atoms with Gasteiger partial charge < -0.3 is 19.5 Å². The Morgan fingerprint density at radius 2 is 1.93 bits per heavy atom. The van der Waals surface area contributed by atoms with Crippen molar-refractivity contribution in [3.63, 3.8) is 0 Å². The second kappa shape index (κ2) is 11.2. The summed E-state index contributed by atoms with van der Waals surface area (Å²) in [6.07, 6.45) is 4.71. The predicted octanol–water partition coefficient (Wildman–Crippen LogP) is 5.10. The van der Waals surface area contributed by atoms with Crippen molar-refractivity contribution in [1.82, 2.24) is 15.1 Å². The first-order valence-corrected chi connectivity index (χ1v) is 15.7. The number of aromatic nitrogens is 2. The monoisotopic (exact) mass is 567 g/mol. The summed E-state index contributed by atoms with van der Waals surface area (Å²) in [4.78, 5) is 15.5. The standard InChI is InChI=1S/C30H37N3O6S/c1-5-6-7-8-12-39-23-10-9-20(16-24(23)38-4)28-25-26(22-15-18(2)14-19(3)29(22)34)31-32-27(25)30(35)33(28)21-11-13-40(36,37)17-21/h9-10,14-16,21,28,34H,5-8,11-13,17H2,1-4H3,(H,31,32). The highest BCUT2D eigenvalue weighted by Crippen LogP contribution is 2.48. The number of sulfone groups is 1. The van der Waals surface area contributed by atoms with Gasteiger partial charge in [0.1, 0.15) is 17.1 Å². The van der Waals surface area contributed by atoms with Crippen LogP contribution in [0, 0.1) is 13.8 Å². The molecule has 0 spiro atoms. The molecule has 5 rings (SSSR count). The number of unbranched alkanes of at least 4 members (excludes halogenated alkanes) is 3. The zero-order valence-electron chi connectivity index (χ0n) is 23.5. The van der Waals surface area contributed by atoms with Crippen LogP contribution in [0.15, 0.2) is 30.3 Å². The molecule has 1 aromatic heterocycles. The van der Waals surface area contributed by atoms with Crippen LogP contribution in [-0.2, 0) is 9.84 Å². The van der Waals surface area contributed by atoms with Crippen molar-refractivity contribution >= 4 is 15.7 Å². The van der Waals surface area contributed by atoms with Crippen molar-refractivity contribution in [2.24, 2.45) is 0 Å². The molecule has 2 aliphatic rings. The maximum Gasteiger partial charge on any atom is 0.273 e. The molecule has 2 unspecified atom stereocenters. The number of phenolic OH excluding ortho intramolecular Hbond substituents is 1. The van der Waals surface area contributed by atoms with Crippen molar-refractivity contribution in [1.29, 1.82) is 0 Å². The summed E-state index contributed by atoms with van der Waals surface area (Å²) in [5, 5.41) is 18.4. The molecule has 40 heavy (non-hydrogen) atoms. The van der Waals surface area contributed by atoms with Gasteiger partial charge in [-0.25, -0.2) is 8.42 Å². The Bertz CT molecular complexity index is 1530. The van der Waals surface area contributed by atoms with Gasteiger partial charge in [0.15, 0.2) is 21.3 Å². The molecule has 10 heteroatoms. The molecular formula is C30H37N3O6S. The molecule has 0 aliphatic carbocycles. The number of nitrogens with one attached hydrogen (secondary N) is 1. The van der Waals surface area contributed by atoms with E-state index in [-0.39, 0.29) is 23.2 Å². The largest absolute Gasteiger partial charge is 0.507 e. The molecule has 2 aromatic carbocycles. The lowest BCUT2D eigenvalue weighted by molar-refractivity contribution is 0.0677. The molecule has 9 nitrogen and oxygen atoms in total. The maximum absolute atomic E-state index is 13.8. The Hall–Kier alpha value is -3.53. The van der Waals surface area contributed by atoms with E-state index in [1.807, 2.05) is 44.2 Å². The van der Waals surface area contributed by atoms with E-state index in [1.165, 1.54) is 0 Å². The minimum absolute atomic E-state index is 0.0409. The van der Waals surface area contributed by atoms with Crippen LogP contribution < -0.4 is 9.47 Å². The Morgan fingerprint density at radius 1 is 1.12 bits per heavy atom. The van der Waals surface area contributed by atoms with Crippen LogP contribution in [-0.4, -0.2) is 65.8 Å². The Morgan fingerprint density at radius 3 is 2.62 bits per heavy atom. The summed E-state index contributed by atoms with van der Waals surface area (Å²) >= 11 is 0. The van der Waals surface area contributed by atoms with Crippen LogP contribution in [0.25, 0.3) is 11.3 Å². The van der Waals surface area contributed by atoms with Gasteiger partial charge in [-0.3, -0.25) is 9.89 Å². The number of aryl methyl sites for hydroxylation is 2. The number of hydrogen-bond acceptors (Lipinski definition) is 7. The Kier molecular flexibility index (Phi) is 7.81. The number of hydrogen-bond donors (Lipinski definition) is 2. The summed E-state index contributed by atoms with van der Waals surface area (Å²) in [5.74, 6) is 0.887. The minimum atomic E-state index is -3.25. The van der Waals surface area contributed by atoms with E-state index >= 15 is 0 Å². The van der Waals surface area contributed by atoms with Gasteiger partial charge in [0.25, 0.3) is 5.91 Å². The quantitative estimate of drug-likeness (QED) is 0.327. The lowest BCUT2D eigenvalue weighted by Crippen LogP contribution is -2.40. The summed E-state index contributed by atoms with van der Waals surface area (Å²) in [6, 6.07) is 8.21. The fourth-order valence-electron chi connectivity index (χ4n) is 5.89. The fourth-order valence-corrected chi connectivity index (χ4v) is 7.61. The number of carbonyl (C=O) groups is 1. The number of benzene rings is 2. The van der Waals surface area contributed by atoms with E-state index in [9.17, 15) is 18.3 Å². The topological polar surface area (TPSA) is 122 Å². The highest BCUT2D eigenvalue weighted by atomic mass is 32.2. The number of rotatable bonds is 10. The molecular weight excluding hydrogens is 530 g/mol. The van der Waals surface area contributed by atoms with E-state index in [0.717, 1.165) is 36.8 Å². The van der Waals surface area contributed by atoms with Crippen LogP contribution in [0.1, 0.15) is 77.8 Å². The number of H-pyrrole nitrogens is 1. The lowest BCUT2D eigenvalue weighted by Gasteiger charge is -2.31. The number of aromatic hydroxyl groups is 1. The zero-order chi connectivity index (χ0) is 28.6. The van der Waals surface area contributed by atoms with Crippen molar-refractivity contribution in [2.75, 3.05) is 25.2 Å². The number of aromatic amines is 1. The molecule has 2 N–H and O–H groups in total. The molecule has 0 saturated carbocycles. The van der Waals surface area contributed by atoms with Gasteiger partial charge >= 0.3 is 0 Å². The average Bonchev–Trinajstić information content (AvgIpc) is 3.59. The third-order valence-corrected chi connectivity index (χ3v) is 9.61. The first-order valence-electron chi connectivity index (χ1n) is 13.9. The summed E-state index contributed by atoms with van der Waals surface area (Å²) in [6.45, 7) is 6.50. The molecule has 214 valence electrons. The summed E-state index contributed by atoms with van der Waals surface area (Å²) < 4.78 is 36.6. The zero-order valence-corrected chi connectivity index (χ0v) is 24.3. The number of nitrogens with zero attached hydrogens (tertiary/aromatic N) is 2. The first kappa shape index (κ1) is 28.0. The maximum atomic E-state index is 13.8. The van der Waals surface area contributed by atoms with Crippen molar-refractivity contribution in [3.8, 4) is 28.5 Å². The molecule has 3 aromatic rings. The van der Waals surface area contributed by atoms with Crippen LogP contribution in [0.4, 0.5) is 0 Å². The smallest absolute Gasteiger partial charge is 0.273 e. The molecule has 3 heterocycles. The number of phenols is 1. The van der Waals surface area contributed by atoms with Gasteiger partial charge in [0, 0.05) is 17.2 Å². The van der Waals surface area contributed by atoms with E-state index in [2.05, 4.69) is 17.1 Å². The van der Waals surface area contributed by atoms with E-state index in [4.69, 9.17) is 9.47 Å².